The molecule has 2 rings (SSSR count). The first-order valence-corrected chi connectivity index (χ1v) is 5.08. The van der Waals surface area contributed by atoms with E-state index in [9.17, 15) is 9.90 Å². The molecule has 0 saturated heterocycles. The van der Waals surface area contributed by atoms with Crippen molar-refractivity contribution < 1.29 is 15.0 Å². The Morgan fingerprint density at radius 2 is 2.06 bits per heavy atom. The summed E-state index contributed by atoms with van der Waals surface area (Å²) in [6, 6.07) is 6.80. The first kappa shape index (κ1) is 10.5. The Hall–Kier alpha value is -2.03. The summed E-state index contributed by atoms with van der Waals surface area (Å²) in [5, 5.41) is 18.8. The van der Waals surface area contributed by atoms with Gasteiger partial charge in [-0.15, -0.1) is 0 Å². The maximum absolute atomic E-state index is 11.1. The van der Waals surface area contributed by atoms with E-state index < -0.39 is 11.9 Å². The summed E-state index contributed by atoms with van der Waals surface area (Å²) in [7, 11) is 0. The van der Waals surface area contributed by atoms with Crippen molar-refractivity contribution >= 4 is 11.5 Å². The maximum atomic E-state index is 11.1. The van der Waals surface area contributed by atoms with E-state index in [1.54, 1.807) is 30.3 Å². The van der Waals surface area contributed by atoms with Gasteiger partial charge in [0.05, 0.1) is 5.92 Å². The second-order valence-electron chi connectivity index (χ2n) is 3.69. The molecule has 3 heteroatoms. The third-order valence-corrected chi connectivity index (χ3v) is 2.67. The van der Waals surface area contributed by atoms with Crippen molar-refractivity contribution in [1.29, 1.82) is 0 Å². The lowest BCUT2D eigenvalue weighted by molar-refractivity contribution is -0.139. The number of rotatable bonds is 2. The zero-order valence-electron chi connectivity index (χ0n) is 8.63. The van der Waals surface area contributed by atoms with Crippen LogP contribution in [-0.2, 0) is 4.79 Å². The molecule has 1 aromatic carbocycles. The van der Waals surface area contributed by atoms with Crippen LogP contribution in [0.15, 0.2) is 42.5 Å². The Balaban J connectivity index is 2.45. The van der Waals surface area contributed by atoms with Crippen LogP contribution in [-0.4, -0.2) is 16.2 Å². The van der Waals surface area contributed by atoms with Crippen LogP contribution in [0.5, 0.6) is 5.75 Å². The van der Waals surface area contributed by atoms with E-state index in [4.69, 9.17) is 5.11 Å². The SMILES string of the molecule is O=C(O)C1CC=CC=C1c1ccccc1O. The number of allylic oxidation sites excluding steroid dienone is 3. The number of para-hydroxylation sites is 1. The summed E-state index contributed by atoms with van der Waals surface area (Å²) in [6.45, 7) is 0. The molecular weight excluding hydrogens is 204 g/mol. The average Bonchev–Trinajstić information content (AvgIpc) is 2.29. The van der Waals surface area contributed by atoms with Crippen LogP contribution in [0.1, 0.15) is 12.0 Å². The molecule has 0 aliphatic heterocycles. The fourth-order valence-electron chi connectivity index (χ4n) is 1.86. The lowest BCUT2D eigenvalue weighted by Gasteiger charge is -2.18. The van der Waals surface area contributed by atoms with Gasteiger partial charge in [-0.3, -0.25) is 4.79 Å². The van der Waals surface area contributed by atoms with Gasteiger partial charge in [0, 0.05) is 5.56 Å². The van der Waals surface area contributed by atoms with Crippen molar-refractivity contribution in [2.45, 2.75) is 6.42 Å². The van der Waals surface area contributed by atoms with Gasteiger partial charge in [-0.1, -0.05) is 36.4 Å². The van der Waals surface area contributed by atoms with Gasteiger partial charge in [0.1, 0.15) is 5.75 Å². The summed E-state index contributed by atoms with van der Waals surface area (Å²) in [6.07, 6.45) is 5.86. The number of aromatic hydroxyl groups is 1. The van der Waals surface area contributed by atoms with E-state index in [2.05, 4.69) is 0 Å². The van der Waals surface area contributed by atoms with Crippen molar-refractivity contribution in [3.63, 3.8) is 0 Å². The maximum Gasteiger partial charge on any atom is 0.311 e. The highest BCUT2D eigenvalue weighted by molar-refractivity contribution is 5.90. The smallest absolute Gasteiger partial charge is 0.311 e. The number of carboxylic acid groups (broad SMARTS) is 1. The third kappa shape index (κ3) is 1.84. The zero-order valence-corrected chi connectivity index (χ0v) is 8.63. The number of carboxylic acids is 1. The highest BCUT2D eigenvalue weighted by Gasteiger charge is 2.24. The van der Waals surface area contributed by atoms with Crippen LogP contribution >= 0.6 is 0 Å². The summed E-state index contributed by atoms with van der Waals surface area (Å²) in [4.78, 5) is 11.1. The van der Waals surface area contributed by atoms with Gasteiger partial charge in [0.15, 0.2) is 0 Å². The molecule has 1 aliphatic carbocycles. The molecule has 1 atom stereocenters. The monoisotopic (exact) mass is 216 g/mol. The highest BCUT2D eigenvalue weighted by Crippen LogP contribution is 2.34. The number of benzene rings is 1. The van der Waals surface area contributed by atoms with Gasteiger partial charge < -0.3 is 10.2 Å². The standard InChI is InChI=1S/C13H12O3/c14-12-8-4-3-6-10(12)9-5-1-2-7-11(9)13(15)16/h1-6,8,11,14H,7H2,(H,15,16). The lowest BCUT2D eigenvalue weighted by atomic mass is 9.86. The number of hydrogen-bond acceptors (Lipinski definition) is 2. The third-order valence-electron chi connectivity index (χ3n) is 2.67. The van der Waals surface area contributed by atoms with Gasteiger partial charge in [-0.2, -0.15) is 0 Å². The predicted molar refractivity (Wildman–Crippen MR) is 61.0 cm³/mol. The molecule has 82 valence electrons. The Morgan fingerprint density at radius 3 is 2.75 bits per heavy atom. The second-order valence-corrected chi connectivity index (χ2v) is 3.69. The van der Waals surface area contributed by atoms with Gasteiger partial charge >= 0.3 is 5.97 Å². The Bertz CT molecular complexity index is 472. The van der Waals surface area contributed by atoms with Crippen molar-refractivity contribution in [2.75, 3.05) is 0 Å². The predicted octanol–water partition coefficient (Wildman–Crippen LogP) is 2.44. The molecule has 16 heavy (non-hydrogen) atoms. The first-order valence-electron chi connectivity index (χ1n) is 5.08. The number of phenols is 1. The normalized spacial score (nSPS) is 19.2. The van der Waals surface area contributed by atoms with E-state index in [-0.39, 0.29) is 5.75 Å². The van der Waals surface area contributed by atoms with Crippen molar-refractivity contribution in [3.8, 4) is 5.75 Å². The summed E-state index contributed by atoms with van der Waals surface area (Å²) < 4.78 is 0. The van der Waals surface area contributed by atoms with E-state index in [0.717, 1.165) is 0 Å². The number of carbonyl (C=O) groups is 1. The minimum atomic E-state index is -0.862. The van der Waals surface area contributed by atoms with Gasteiger partial charge in [0.2, 0.25) is 0 Å². The quantitative estimate of drug-likeness (QED) is 0.798. The van der Waals surface area contributed by atoms with Gasteiger partial charge in [0.25, 0.3) is 0 Å². The number of phenolic OH excluding ortho intramolecular Hbond substituents is 1. The van der Waals surface area contributed by atoms with E-state index in [0.29, 0.717) is 17.6 Å². The van der Waals surface area contributed by atoms with Gasteiger partial charge in [-0.25, -0.2) is 0 Å². The fraction of sp³-hybridized carbons (Fsp3) is 0.154. The summed E-state index contributed by atoms with van der Waals surface area (Å²) in [5.74, 6) is -1.31. The van der Waals surface area contributed by atoms with Crippen LogP contribution in [0.25, 0.3) is 5.57 Å². The van der Waals surface area contributed by atoms with Crippen molar-refractivity contribution in [3.05, 3.63) is 48.1 Å². The van der Waals surface area contributed by atoms with Crippen LogP contribution < -0.4 is 0 Å². The molecule has 1 aliphatic rings. The van der Waals surface area contributed by atoms with E-state index in [1.165, 1.54) is 0 Å². The molecule has 0 aromatic heterocycles. The molecular formula is C13H12O3. The Labute approximate surface area is 93.4 Å². The largest absolute Gasteiger partial charge is 0.507 e. The molecule has 3 nitrogen and oxygen atoms in total. The molecule has 2 N–H and O–H groups in total. The number of aliphatic carboxylic acids is 1. The van der Waals surface area contributed by atoms with Crippen molar-refractivity contribution in [2.24, 2.45) is 5.92 Å². The minimum Gasteiger partial charge on any atom is -0.507 e. The summed E-state index contributed by atoms with van der Waals surface area (Å²) >= 11 is 0. The van der Waals surface area contributed by atoms with Crippen LogP contribution in [0.2, 0.25) is 0 Å². The van der Waals surface area contributed by atoms with Crippen LogP contribution in [0, 0.1) is 5.92 Å². The highest BCUT2D eigenvalue weighted by atomic mass is 16.4. The molecule has 0 saturated carbocycles. The van der Waals surface area contributed by atoms with E-state index >= 15 is 0 Å². The average molecular weight is 216 g/mol. The van der Waals surface area contributed by atoms with Crippen LogP contribution in [0.3, 0.4) is 0 Å². The topological polar surface area (TPSA) is 57.5 Å². The Morgan fingerprint density at radius 1 is 1.31 bits per heavy atom. The molecule has 0 heterocycles. The van der Waals surface area contributed by atoms with Crippen LogP contribution in [0.4, 0.5) is 0 Å². The fourth-order valence-corrected chi connectivity index (χ4v) is 1.86. The summed E-state index contributed by atoms with van der Waals surface area (Å²) in [5.41, 5.74) is 1.26. The molecule has 0 fully saturated rings. The second kappa shape index (κ2) is 4.23. The minimum absolute atomic E-state index is 0.121. The number of hydrogen-bond donors (Lipinski definition) is 2. The molecule has 0 spiro atoms. The molecule has 0 radical (unpaired) electrons. The van der Waals surface area contributed by atoms with Crippen molar-refractivity contribution in [1.82, 2.24) is 0 Å². The lowest BCUT2D eigenvalue weighted by Crippen LogP contribution is -2.16. The molecule has 0 amide bonds. The molecule has 1 unspecified atom stereocenters. The first-order chi connectivity index (χ1) is 7.70. The van der Waals surface area contributed by atoms with Gasteiger partial charge in [-0.05, 0) is 18.1 Å². The zero-order chi connectivity index (χ0) is 11.5. The molecule has 1 aromatic rings. The van der Waals surface area contributed by atoms with E-state index in [1.807, 2.05) is 12.2 Å². The Kier molecular flexibility index (Phi) is 2.77. The molecule has 0 bridgehead atoms.